The second-order valence-corrected chi connectivity index (χ2v) is 4.37. The first kappa shape index (κ1) is 13.2. The van der Waals surface area contributed by atoms with Gasteiger partial charge in [-0.2, -0.15) is 0 Å². The smallest absolute Gasteiger partial charge is 0.327 e. The molecule has 0 saturated carbocycles. The lowest BCUT2D eigenvalue weighted by atomic mass is 10.1. The van der Waals surface area contributed by atoms with Crippen LogP contribution < -0.4 is 0 Å². The highest BCUT2D eigenvalue weighted by atomic mass is 16.5. The van der Waals surface area contributed by atoms with E-state index in [4.69, 9.17) is 9.84 Å². The van der Waals surface area contributed by atoms with Gasteiger partial charge >= 0.3 is 5.97 Å². The van der Waals surface area contributed by atoms with Crippen molar-refractivity contribution in [1.82, 2.24) is 0 Å². The molecule has 1 aliphatic rings. The maximum absolute atomic E-state index is 10.2. The summed E-state index contributed by atoms with van der Waals surface area (Å²) < 4.78 is 5.55. The standard InChI is InChI=1S/C13H22O3/c14-13(15)10-6-4-2-1-3-5-8-12-9-7-11-16-12/h6,10,12H,1-5,7-9,11H2,(H,14,15). The topological polar surface area (TPSA) is 46.5 Å². The lowest BCUT2D eigenvalue weighted by Crippen LogP contribution is -2.03. The van der Waals surface area contributed by atoms with Gasteiger partial charge in [-0.3, -0.25) is 0 Å². The van der Waals surface area contributed by atoms with Crippen molar-refractivity contribution in [2.45, 2.75) is 57.5 Å². The molecule has 1 unspecified atom stereocenters. The van der Waals surface area contributed by atoms with Gasteiger partial charge in [0.15, 0.2) is 0 Å². The summed E-state index contributed by atoms with van der Waals surface area (Å²) >= 11 is 0. The fourth-order valence-electron chi connectivity index (χ4n) is 2.04. The summed E-state index contributed by atoms with van der Waals surface area (Å²) in [7, 11) is 0. The van der Waals surface area contributed by atoms with Gasteiger partial charge in [-0.25, -0.2) is 4.79 Å². The fourth-order valence-corrected chi connectivity index (χ4v) is 2.04. The Balaban J connectivity index is 1.82. The van der Waals surface area contributed by atoms with Crippen molar-refractivity contribution >= 4 is 5.97 Å². The minimum atomic E-state index is -0.849. The van der Waals surface area contributed by atoms with E-state index in [9.17, 15) is 4.79 Å². The van der Waals surface area contributed by atoms with Crippen LogP contribution in [0.25, 0.3) is 0 Å². The lowest BCUT2D eigenvalue weighted by Gasteiger charge is -2.07. The SMILES string of the molecule is O=C(O)C=CCCCCCCC1CCCO1. The molecule has 92 valence electrons. The van der Waals surface area contributed by atoms with E-state index in [1.807, 2.05) is 0 Å². The van der Waals surface area contributed by atoms with Gasteiger partial charge in [0, 0.05) is 12.7 Å². The van der Waals surface area contributed by atoms with Gasteiger partial charge in [0.05, 0.1) is 6.10 Å². The van der Waals surface area contributed by atoms with E-state index in [1.54, 1.807) is 6.08 Å². The number of carboxylic acid groups (broad SMARTS) is 1. The molecule has 1 atom stereocenters. The Morgan fingerprint density at radius 3 is 2.81 bits per heavy atom. The van der Waals surface area contributed by atoms with Gasteiger partial charge in [-0.1, -0.05) is 25.3 Å². The number of aliphatic carboxylic acids is 1. The van der Waals surface area contributed by atoms with Gasteiger partial charge in [-0.15, -0.1) is 0 Å². The molecule has 3 heteroatoms. The number of hydrogen-bond acceptors (Lipinski definition) is 2. The Bertz CT molecular complexity index is 217. The summed E-state index contributed by atoms with van der Waals surface area (Å²) in [5, 5.41) is 8.37. The van der Waals surface area contributed by atoms with E-state index in [1.165, 1.54) is 44.6 Å². The molecule has 1 heterocycles. The minimum Gasteiger partial charge on any atom is -0.478 e. The largest absolute Gasteiger partial charge is 0.478 e. The van der Waals surface area contributed by atoms with Gasteiger partial charge in [-0.05, 0) is 32.1 Å². The molecule has 0 bridgehead atoms. The van der Waals surface area contributed by atoms with Crippen LogP contribution >= 0.6 is 0 Å². The van der Waals surface area contributed by atoms with Gasteiger partial charge in [0.2, 0.25) is 0 Å². The first-order chi connectivity index (χ1) is 7.79. The van der Waals surface area contributed by atoms with Crippen LogP contribution in [0.4, 0.5) is 0 Å². The quantitative estimate of drug-likeness (QED) is 0.511. The van der Waals surface area contributed by atoms with Crippen LogP contribution in [0.15, 0.2) is 12.2 Å². The number of rotatable bonds is 8. The summed E-state index contributed by atoms with van der Waals surface area (Å²) in [5.41, 5.74) is 0. The normalized spacial score (nSPS) is 20.6. The summed E-state index contributed by atoms with van der Waals surface area (Å²) in [4.78, 5) is 10.2. The highest BCUT2D eigenvalue weighted by molar-refractivity contribution is 5.79. The average Bonchev–Trinajstić information content (AvgIpc) is 2.74. The van der Waals surface area contributed by atoms with Crippen molar-refractivity contribution in [2.24, 2.45) is 0 Å². The molecule has 0 aromatic rings. The number of allylic oxidation sites excluding steroid dienone is 1. The Morgan fingerprint density at radius 1 is 1.31 bits per heavy atom. The minimum absolute atomic E-state index is 0.520. The molecule has 0 amide bonds. The lowest BCUT2D eigenvalue weighted by molar-refractivity contribution is -0.131. The number of hydrogen-bond donors (Lipinski definition) is 1. The Kier molecular flexibility index (Phi) is 6.90. The molecule has 1 saturated heterocycles. The van der Waals surface area contributed by atoms with E-state index in [-0.39, 0.29) is 0 Å². The predicted octanol–water partition coefficient (Wildman–Crippen LogP) is 3.15. The Labute approximate surface area is 97.5 Å². The highest BCUT2D eigenvalue weighted by Crippen LogP contribution is 2.18. The van der Waals surface area contributed by atoms with E-state index in [2.05, 4.69) is 0 Å². The van der Waals surface area contributed by atoms with Crippen molar-refractivity contribution in [3.8, 4) is 0 Å². The van der Waals surface area contributed by atoms with Crippen molar-refractivity contribution in [3.05, 3.63) is 12.2 Å². The maximum atomic E-state index is 10.2. The van der Waals surface area contributed by atoms with Gasteiger partial charge < -0.3 is 9.84 Å². The molecule has 1 N–H and O–H groups in total. The molecule has 1 aliphatic heterocycles. The summed E-state index contributed by atoms with van der Waals surface area (Å²) in [5.74, 6) is -0.849. The summed E-state index contributed by atoms with van der Waals surface area (Å²) in [6.45, 7) is 0.949. The number of carboxylic acids is 1. The Morgan fingerprint density at radius 2 is 2.12 bits per heavy atom. The fraction of sp³-hybridized carbons (Fsp3) is 0.769. The molecule has 0 aromatic carbocycles. The van der Waals surface area contributed by atoms with E-state index < -0.39 is 5.97 Å². The van der Waals surface area contributed by atoms with Crippen molar-refractivity contribution in [2.75, 3.05) is 6.61 Å². The summed E-state index contributed by atoms with van der Waals surface area (Å²) in [6.07, 6.45) is 12.8. The van der Waals surface area contributed by atoms with Crippen LogP contribution in [0, 0.1) is 0 Å². The van der Waals surface area contributed by atoms with E-state index in [0.717, 1.165) is 19.4 Å². The zero-order valence-corrected chi connectivity index (χ0v) is 9.86. The third-order valence-electron chi connectivity index (χ3n) is 2.93. The third-order valence-corrected chi connectivity index (χ3v) is 2.93. The molecule has 0 aromatic heterocycles. The second kappa shape index (κ2) is 8.34. The van der Waals surface area contributed by atoms with Crippen LogP contribution in [0.1, 0.15) is 51.4 Å². The van der Waals surface area contributed by atoms with Crippen LogP contribution in [0.5, 0.6) is 0 Å². The molecular weight excluding hydrogens is 204 g/mol. The second-order valence-electron chi connectivity index (χ2n) is 4.37. The van der Waals surface area contributed by atoms with Crippen LogP contribution in [0.3, 0.4) is 0 Å². The molecule has 16 heavy (non-hydrogen) atoms. The number of ether oxygens (including phenoxy) is 1. The van der Waals surface area contributed by atoms with Crippen molar-refractivity contribution < 1.29 is 14.6 Å². The third kappa shape index (κ3) is 6.62. The van der Waals surface area contributed by atoms with E-state index in [0.29, 0.717) is 6.10 Å². The van der Waals surface area contributed by atoms with Gasteiger partial charge in [0.1, 0.15) is 0 Å². The molecule has 0 radical (unpaired) electrons. The Hall–Kier alpha value is -0.830. The van der Waals surface area contributed by atoms with Gasteiger partial charge in [0.25, 0.3) is 0 Å². The first-order valence-corrected chi connectivity index (χ1v) is 6.30. The predicted molar refractivity (Wildman–Crippen MR) is 63.5 cm³/mol. The zero-order valence-electron chi connectivity index (χ0n) is 9.86. The average molecular weight is 226 g/mol. The number of carbonyl (C=O) groups is 1. The highest BCUT2D eigenvalue weighted by Gasteiger charge is 2.13. The molecule has 1 fully saturated rings. The van der Waals surface area contributed by atoms with Crippen LogP contribution in [0.2, 0.25) is 0 Å². The molecule has 0 spiro atoms. The van der Waals surface area contributed by atoms with Crippen molar-refractivity contribution in [3.63, 3.8) is 0 Å². The molecule has 3 nitrogen and oxygen atoms in total. The monoisotopic (exact) mass is 226 g/mol. The number of unbranched alkanes of at least 4 members (excludes halogenated alkanes) is 4. The maximum Gasteiger partial charge on any atom is 0.327 e. The van der Waals surface area contributed by atoms with Crippen LogP contribution in [-0.4, -0.2) is 23.8 Å². The zero-order chi connectivity index (χ0) is 11.6. The molecule has 1 rings (SSSR count). The molecular formula is C13H22O3. The summed E-state index contributed by atoms with van der Waals surface area (Å²) in [6, 6.07) is 0. The molecule has 0 aliphatic carbocycles. The van der Waals surface area contributed by atoms with Crippen molar-refractivity contribution in [1.29, 1.82) is 0 Å². The van der Waals surface area contributed by atoms with E-state index >= 15 is 0 Å². The van der Waals surface area contributed by atoms with Crippen LogP contribution in [-0.2, 0) is 9.53 Å². The first-order valence-electron chi connectivity index (χ1n) is 6.30.